The molecule has 0 saturated heterocycles. The molecule has 2 aliphatic rings. The van der Waals surface area contributed by atoms with E-state index in [9.17, 15) is 9.59 Å². The molecule has 0 aromatic rings. The van der Waals surface area contributed by atoms with Crippen LogP contribution in [0, 0.1) is 11.3 Å². The van der Waals surface area contributed by atoms with Gasteiger partial charge in [0.25, 0.3) is 5.91 Å². The van der Waals surface area contributed by atoms with Crippen LogP contribution in [-0.2, 0) is 14.3 Å². The predicted octanol–water partition coefficient (Wildman–Crippen LogP) is 2.16. The van der Waals surface area contributed by atoms with Gasteiger partial charge in [-0.1, -0.05) is 32.9 Å². The van der Waals surface area contributed by atoms with Gasteiger partial charge in [-0.25, -0.2) is 4.99 Å². The fraction of sp³-hybridized carbons (Fsp3) is 0.471. The number of rotatable bonds is 4. The summed E-state index contributed by atoms with van der Waals surface area (Å²) in [6.07, 6.45) is 8.00. The van der Waals surface area contributed by atoms with Crippen molar-refractivity contribution in [3.05, 3.63) is 35.6 Å². The van der Waals surface area contributed by atoms with E-state index in [0.29, 0.717) is 30.0 Å². The van der Waals surface area contributed by atoms with Crippen LogP contribution in [0.25, 0.3) is 0 Å². The van der Waals surface area contributed by atoms with Gasteiger partial charge in [-0.3, -0.25) is 9.59 Å². The number of methoxy groups -OCH3 is 1. The van der Waals surface area contributed by atoms with Gasteiger partial charge in [-0.05, 0) is 12.5 Å². The first-order chi connectivity index (χ1) is 10.3. The van der Waals surface area contributed by atoms with E-state index >= 15 is 0 Å². The van der Waals surface area contributed by atoms with E-state index in [1.807, 2.05) is 39.0 Å². The number of nitrogens with zero attached hydrogens (tertiary/aromatic N) is 1. The first-order valence-corrected chi connectivity index (χ1v) is 7.37. The highest BCUT2D eigenvalue weighted by atomic mass is 16.5. The van der Waals surface area contributed by atoms with Crippen LogP contribution in [0.5, 0.6) is 0 Å². The number of ether oxygens (including phenoxy) is 1. The molecule has 22 heavy (non-hydrogen) atoms. The number of carbonyl (C=O) groups excluding carboxylic acids is 2. The molecule has 0 saturated carbocycles. The molecule has 5 heteroatoms. The van der Waals surface area contributed by atoms with Gasteiger partial charge >= 0.3 is 0 Å². The number of allylic oxidation sites excluding steroid dienone is 4. The molecule has 0 aromatic carbocycles. The Morgan fingerprint density at radius 1 is 1.41 bits per heavy atom. The highest BCUT2D eigenvalue weighted by Gasteiger charge is 2.24. The first-order valence-electron chi connectivity index (χ1n) is 7.37. The zero-order valence-corrected chi connectivity index (χ0v) is 13.5. The van der Waals surface area contributed by atoms with Gasteiger partial charge in [0.1, 0.15) is 5.76 Å². The Balaban J connectivity index is 1.97. The van der Waals surface area contributed by atoms with Crippen molar-refractivity contribution in [2.45, 2.75) is 27.2 Å². The van der Waals surface area contributed by atoms with Crippen molar-refractivity contribution in [3.8, 4) is 0 Å². The summed E-state index contributed by atoms with van der Waals surface area (Å²) in [5, 5.41) is 2.85. The molecule has 1 heterocycles. The zero-order chi connectivity index (χ0) is 16.3. The van der Waals surface area contributed by atoms with Crippen molar-refractivity contribution in [2.75, 3.05) is 13.7 Å². The van der Waals surface area contributed by atoms with Gasteiger partial charge in [0.15, 0.2) is 0 Å². The summed E-state index contributed by atoms with van der Waals surface area (Å²) in [7, 11) is 1.58. The SMILES string of the molecule is COC1=CC2=NC(=O)C(CCNC(=O)C(C)(C)C)=CC2C=C1. The molecule has 0 spiro atoms. The van der Waals surface area contributed by atoms with Crippen LogP contribution < -0.4 is 5.32 Å². The average Bonchev–Trinajstić information content (AvgIpc) is 2.46. The standard InChI is InChI=1S/C17H22N2O3/c1-17(2,3)16(21)18-8-7-12-9-11-5-6-13(22-4)10-14(11)19-15(12)20/h5-6,9-11H,7-8H2,1-4H3,(H,18,21). The monoisotopic (exact) mass is 302 g/mol. The lowest BCUT2D eigenvalue weighted by Gasteiger charge is -2.21. The van der Waals surface area contributed by atoms with E-state index in [1.165, 1.54) is 0 Å². The highest BCUT2D eigenvalue weighted by molar-refractivity contribution is 6.13. The number of nitrogens with one attached hydrogen (secondary N) is 1. The van der Waals surface area contributed by atoms with Crippen molar-refractivity contribution < 1.29 is 14.3 Å². The smallest absolute Gasteiger partial charge is 0.272 e. The lowest BCUT2D eigenvalue weighted by atomic mass is 9.91. The molecule has 0 bridgehead atoms. The van der Waals surface area contributed by atoms with E-state index in [-0.39, 0.29) is 17.7 Å². The molecule has 0 fully saturated rings. The van der Waals surface area contributed by atoms with Crippen LogP contribution in [0.3, 0.4) is 0 Å². The summed E-state index contributed by atoms with van der Waals surface area (Å²) in [6.45, 7) is 6.01. The van der Waals surface area contributed by atoms with Crippen LogP contribution in [0.15, 0.2) is 40.6 Å². The minimum Gasteiger partial charge on any atom is -0.497 e. The molecule has 2 amide bonds. The van der Waals surface area contributed by atoms with Gasteiger partial charge in [-0.2, -0.15) is 0 Å². The van der Waals surface area contributed by atoms with Crippen molar-refractivity contribution in [1.29, 1.82) is 0 Å². The van der Waals surface area contributed by atoms with E-state index < -0.39 is 5.41 Å². The van der Waals surface area contributed by atoms with Crippen LogP contribution in [0.1, 0.15) is 27.2 Å². The second kappa shape index (κ2) is 6.30. The molecule has 0 aromatic heterocycles. The van der Waals surface area contributed by atoms with Crippen LogP contribution >= 0.6 is 0 Å². The van der Waals surface area contributed by atoms with E-state index in [0.717, 1.165) is 0 Å². The quantitative estimate of drug-likeness (QED) is 0.865. The summed E-state index contributed by atoms with van der Waals surface area (Å²) in [5.41, 5.74) is 0.915. The second-order valence-corrected chi connectivity index (χ2v) is 6.43. The third-order valence-electron chi connectivity index (χ3n) is 3.58. The van der Waals surface area contributed by atoms with Crippen molar-refractivity contribution in [1.82, 2.24) is 5.32 Å². The third kappa shape index (κ3) is 3.72. The van der Waals surface area contributed by atoms with Gasteiger partial charge in [0.2, 0.25) is 5.91 Å². The lowest BCUT2D eigenvalue weighted by molar-refractivity contribution is -0.128. The summed E-state index contributed by atoms with van der Waals surface area (Å²) in [5.74, 6) is 0.436. The molecular weight excluding hydrogens is 280 g/mol. The normalized spacial score (nSPS) is 20.6. The largest absolute Gasteiger partial charge is 0.497 e. The first kappa shape index (κ1) is 16.2. The minimum atomic E-state index is -0.427. The maximum atomic E-state index is 12.1. The Hall–Kier alpha value is -2.17. The summed E-state index contributed by atoms with van der Waals surface area (Å²) in [6, 6.07) is 0. The molecule has 5 nitrogen and oxygen atoms in total. The predicted molar refractivity (Wildman–Crippen MR) is 85.3 cm³/mol. The molecule has 0 radical (unpaired) electrons. The average molecular weight is 302 g/mol. The van der Waals surface area contributed by atoms with Crippen LogP contribution in [0.2, 0.25) is 0 Å². The Labute approximate surface area is 130 Å². The Bertz CT molecular complexity index is 604. The molecule has 1 aliphatic carbocycles. The molecule has 118 valence electrons. The molecule has 1 atom stereocenters. The highest BCUT2D eigenvalue weighted by Crippen LogP contribution is 2.23. The topological polar surface area (TPSA) is 67.8 Å². The Kier molecular flexibility index (Phi) is 4.64. The minimum absolute atomic E-state index is 0.00455. The third-order valence-corrected chi connectivity index (χ3v) is 3.58. The molecular formula is C17H22N2O3. The van der Waals surface area contributed by atoms with Crippen molar-refractivity contribution >= 4 is 17.5 Å². The van der Waals surface area contributed by atoms with Crippen LogP contribution in [0.4, 0.5) is 0 Å². The lowest BCUT2D eigenvalue weighted by Crippen LogP contribution is -2.35. The molecule has 2 rings (SSSR count). The number of carbonyl (C=O) groups is 2. The maximum absolute atomic E-state index is 12.1. The number of aliphatic imine (C=N–C) groups is 1. The molecule has 1 N–H and O–H groups in total. The number of dihydropyridines is 1. The zero-order valence-electron chi connectivity index (χ0n) is 13.5. The van der Waals surface area contributed by atoms with E-state index in [2.05, 4.69) is 10.3 Å². The molecule has 1 aliphatic heterocycles. The van der Waals surface area contributed by atoms with Gasteiger partial charge in [0.05, 0.1) is 12.8 Å². The maximum Gasteiger partial charge on any atom is 0.272 e. The van der Waals surface area contributed by atoms with E-state index in [4.69, 9.17) is 4.74 Å². The number of hydrogen-bond donors (Lipinski definition) is 1. The van der Waals surface area contributed by atoms with Crippen molar-refractivity contribution in [2.24, 2.45) is 16.3 Å². The summed E-state index contributed by atoms with van der Waals surface area (Å²) >= 11 is 0. The number of hydrogen-bond acceptors (Lipinski definition) is 3. The fourth-order valence-corrected chi connectivity index (χ4v) is 2.21. The summed E-state index contributed by atoms with van der Waals surface area (Å²) in [4.78, 5) is 28.0. The Morgan fingerprint density at radius 2 is 2.14 bits per heavy atom. The number of fused-ring (bicyclic) bond motifs is 1. The second-order valence-electron chi connectivity index (χ2n) is 6.43. The van der Waals surface area contributed by atoms with Gasteiger partial charge < -0.3 is 10.1 Å². The van der Waals surface area contributed by atoms with Crippen molar-refractivity contribution in [3.63, 3.8) is 0 Å². The summed E-state index contributed by atoms with van der Waals surface area (Å²) < 4.78 is 5.14. The Morgan fingerprint density at radius 3 is 2.77 bits per heavy atom. The van der Waals surface area contributed by atoms with Gasteiger partial charge in [-0.15, -0.1) is 0 Å². The van der Waals surface area contributed by atoms with Crippen LogP contribution in [-0.4, -0.2) is 31.2 Å². The van der Waals surface area contributed by atoms with E-state index in [1.54, 1.807) is 13.2 Å². The molecule has 1 unspecified atom stereocenters. The van der Waals surface area contributed by atoms with Gasteiger partial charge in [0, 0.05) is 29.5 Å². The fourth-order valence-electron chi connectivity index (χ4n) is 2.21. The number of amides is 2.